The van der Waals surface area contributed by atoms with Crippen molar-refractivity contribution >= 4 is 15.7 Å². The second-order valence-corrected chi connectivity index (χ2v) is 6.89. The van der Waals surface area contributed by atoms with Crippen LogP contribution in [-0.2, 0) is 10.0 Å². The van der Waals surface area contributed by atoms with Crippen LogP contribution in [0, 0.1) is 5.92 Å². The third-order valence-corrected chi connectivity index (χ3v) is 3.83. The smallest absolute Gasteiger partial charge is 0.238 e. The Bertz CT molecular complexity index is 495. The summed E-state index contributed by atoms with van der Waals surface area (Å²) in [5, 5.41) is 8.48. The largest absolute Gasteiger partial charge is 0.381 e. The predicted molar refractivity (Wildman–Crippen MR) is 78.6 cm³/mol. The molecule has 1 atom stereocenters. The molecule has 0 aliphatic rings. The minimum atomic E-state index is -3.62. The molecular formula is C13H23N3O2S. The number of nitrogens with zero attached hydrogens (tertiary/aromatic N) is 1. The lowest BCUT2D eigenvalue weighted by atomic mass is 10.0. The standard InChI is InChI=1S/C13H23N3O2S/c1-10(2)13(9-16(3)4)15-11-5-7-12(8-6-11)19(14,17)18/h5-8,10,13,15H,9H2,1-4H3,(H2,14,17,18). The van der Waals surface area contributed by atoms with E-state index < -0.39 is 10.0 Å². The van der Waals surface area contributed by atoms with Gasteiger partial charge in [-0.3, -0.25) is 0 Å². The van der Waals surface area contributed by atoms with Gasteiger partial charge in [-0.05, 0) is 44.3 Å². The van der Waals surface area contributed by atoms with Crippen LogP contribution in [0.15, 0.2) is 29.2 Å². The zero-order chi connectivity index (χ0) is 14.6. The monoisotopic (exact) mass is 285 g/mol. The van der Waals surface area contributed by atoms with E-state index in [0.717, 1.165) is 12.2 Å². The van der Waals surface area contributed by atoms with E-state index in [4.69, 9.17) is 5.14 Å². The van der Waals surface area contributed by atoms with E-state index in [-0.39, 0.29) is 4.90 Å². The molecule has 0 saturated heterocycles. The SMILES string of the molecule is CC(C)C(CN(C)C)Nc1ccc(S(N)(=O)=O)cc1. The average Bonchev–Trinajstić information content (AvgIpc) is 2.27. The van der Waals surface area contributed by atoms with Gasteiger partial charge < -0.3 is 10.2 Å². The Labute approximate surface area is 115 Å². The second-order valence-electron chi connectivity index (χ2n) is 5.33. The van der Waals surface area contributed by atoms with Crippen LogP contribution in [-0.4, -0.2) is 40.0 Å². The third kappa shape index (κ3) is 5.18. The average molecular weight is 285 g/mol. The van der Waals surface area contributed by atoms with Crippen molar-refractivity contribution in [2.24, 2.45) is 11.1 Å². The van der Waals surface area contributed by atoms with Crippen molar-refractivity contribution in [1.82, 2.24) is 4.90 Å². The van der Waals surface area contributed by atoms with Crippen LogP contribution in [0.2, 0.25) is 0 Å². The molecule has 1 aromatic rings. The first-order valence-electron chi connectivity index (χ1n) is 6.24. The fraction of sp³-hybridized carbons (Fsp3) is 0.538. The lowest BCUT2D eigenvalue weighted by Gasteiger charge is -2.26. The van der Waals surface area contributed by atoms with Crippen LogP contribution < -0.4 is 10.5 Å². The lowest BCUT2D eigenvalue weighted by molar-refractivity contribution is 0.344. The summed E-state index contributed by atoms with van der Waals surface area (Å²) in [5.41, 5.74) is 0.896. The van der Waals surface area contributed by atoms with Crippen LogP contribution >= 0.6 is 0 Å². The van der Waals surface area contributed by atoms with E-state index in [1.165, 1.54) is 12.1 Å². The molecule has 0 aromatic heterocycles. The number of hydrogen-bond donors (Lipinski definition) is 2. The minimum absolute atomic E-state index is 0.131. The van der Waals surface area contributed by atoms with Crippen molar-refractivity contribution in [3.8, 4) is 0 Å². The first kappa shape index (κ1) is 15.9. The summed E-state index contributed by atoms with van der Waals surface area (Å²) in [4.78, 5) is 2.25. The summed E-state index contributed by atoms with van der Waals surface area (Å²) in [6, 6.07) is 6.82. The van der Waals surface area contributed by atoms with Crippen LogP contribution in [0.4, 0.5) is 5.69 Å². The highest BCUT2D eigenvalue weighted by Crippen LogP contribution is 2.16. The Morgan fingerprint density at radius 3 is 2.11 bits per heavy atom. The van der Waals surface area contributed by atoms with Gasteiger partial charge in [-0.2, -0.15) is 0 Å². The van der Waals surface area contributed by atoms with Gasteiger partial charge in [-0.25, -0.2) is 13.6 Å². The number of benzene rings is 1. The molecule has 0 saturated carbocycles. The summed E-state index contributed by atoms with van der Waals surface area (Å²) in [6.07, 6.45) is 0. The van der Waals surface area contributed by atoms with E-state index in [2.05, 4.69) is 24.1 Å². The topological polar surface area (TPSA) is 75.4 Å². The molecule has 1 unspecified atom stereocenters. The predicted octanol–water partition coefficient (Wildman–Crippen LogP) is 1.33. The summed E-state index contributed by atoms with van der Waals surface area (Å²) < 4.78 is 22.3. The van der Waals surface area contributed by atoms with E-state index in [1.807, 2.05) is 14.1 Å². The Hall–Kier alpha value is -1.11. The molecule has 19 heavy (non-hydrogen) atoms. The third-order valence-electron chi connectivity index (χ3n) is 2.90. The van der Waals surface area contributed by atoms with Crippen molar-refractivity contribution in [1.29, 1.82) is 0 Å². The highest BCUT2D eigenvalue weighted by molar-refractivity contribution is 7.89. The molecule has 108 valence electrons. The highest BCUT2D eigenvalue weighted by Gasteiger charge is 2.14. The summed E-state index contributed by atoms with van der Waals surface area (Å²) in [7, 11) is 0.438. The summed E-state index contributed by atoms with van der Waals surface area (Å²) in [6.45, 7) is 5.22. The number of rotatable bonds is 6. The number of primary sulfonamides is 1. The zero-order valence-corrected chi connectivity index (χ0v) is 12.7. The Morgan fingerprint density at radius 2 is 1.74 bits per heavy atom. The van der Waals surface area contributed by atoms with Gasteiger partial charge in [0.2, 0.25) is 10.0 Å². The molecule has 0 aliphatic carbocycles. The maximum Gasteiger partial charge on any atom is 0.238 e. The molecule has 1 aromatic carbocycles. The zero-order valence-electron chi connectivity index (χ0n) is 11.9. The van der Waals surface area contributed by atoms with Gasteiger partial charge in [0.15, 0.2) is 0 Å². The van der Waals surface area contributed by atoms with Crippen LogP contribution in [0.5, 0.6) is 0 Å². The number of likely N-dealkylation sites (N-methyl/N-ethyl adjacent to an activating group) is 1. The molecular weight excluding hydrogens is 262 g/mol. The fourth-order valence-electron chi connectivity index (χ4n) is 1.77. The van der Waals surface area contributed by atoms with Crippen molar-refractivity contribution < 1.29 is 8.42 Å². The number of nitrogens with one attached hydrogen (secondary N) is 1. The van der Waals surface area contributed by atoms with Gasteiger partial charge >= 0.3 is 0 Å². The molecule has 3 N–H and O–H groups in total. The number of hydrogen-bond acceptors (Lipinski definition) is 4. The quantitative estimate of drug-likeness (QED) is 0.827. The fourth-order valence-corrected chi connectivity index (χ4v) is 2.29. The van der Waals surface area contributed by atoms with Crippen LogP contribution in [0.3, 0.4) is 0 Å². The first-order chi connectivity index (χ1) is 8.70. The summed E-state index contributed by atoms with van der Waals surface area (Å²) in [5.74, 6) is 0.473. The molecule has 0 spiro atoms. The first-order valence-corrected chi connectivity index (χ1v) is 7.79. The minimum Gasteiger partial charge on any atom is -0.381 e. The van der Waals surface area contributed by atoms with Crippen LogP contribution in [0.1, 0.15) is 13.8 Å². The Kier molecular flexibility index (Phi) is 5.34. The van der Waals surface area contributed by atoms with Crippen molar-refractivity contribution in [3.05, 3.63) is 24.3 Å². The molecule has 0 fully saturated rings. The van der Waals surface area contributed by atoms with Gasteiger partial charge in [0.05, 0.1) is 4.90 Å². The number of anilines is 1. The van der Waals surface area contributed by atoms with Gasteiger partial charge in [0, 0.05) is 18.3 Å². The van der Waals surface area contributed by atoms with Crippen LogP contribution in [0.25, 0.3) is 0 Å². The normalized spacial score (nSPS) is 13.8. The van der Waals surface area contributed by atoms with E-state index in [1.54, 1.807) is 12.1 Å². The second kappa shape index (κ2) is 6.36. The molecule has 0 aliphatic heterocycles. The van der Waals surface area contributed by atoms with Gasteiger partial charge in [-0.15, -0.1) is 0 Å². The Morgan fingerprint density at radius 1 is 1.21 bits per heavy atom. The maximum absolute atomic E-state index is 11.2. The van der Waals surface area contributed by atoms with Crippen molar-refractivity contribution in [2.45, 2.75) is 24.8 Å². The Balaban J connectivity index is 2.81. The summed E-state index contributed by atoms with van der Waals surface area (Å²) >= 11 is 0. The molecule has 0 heterocycles. The van der Waals surface area contributed by atoms with Gasteiger partial charge in [0.25, 0.3) is 0 Å². The van der Waals surface area contributed by atoms with E-state index >= 15 is 0 Å². The molecule has 0 amide bonds. The number of sulfonamides is 1. The van der Waals surface area contributed by atoms with E-state index in [9.17, 15) is 8.42 Å². The molecule has 0 bridgehead atoms. The van der Waals surface area contributed by atoms with Crippen molar-refractivity contribution in [2.75, 3.05) is 26.0 Å². The maximum atomic E-state index is 11.2. The highest BCUT2D eigenvalue weighted by atomic mass is 32.2. The van der Waals surface area contributed by atoms with Crippen molar-refractivity contribution in [3.63, 3.8) is 0 Å². The lowest BCUT2D eigenvalue weighted by Crippen LogP contribution is -2.36. The molecule has 1 rings (SSSR count). The molecule has 0 radical (unpaired) electrons. The molecule has 5 nitrogen and oxygen atoms in total. The van der Waals surface area contributed by atoms with Gasteiger partial charge in [-0.1, -0.05) is 13.8 Å². The number of nitrogens with two attached hydrogens (primary N) is 1. The van der Waals surface area contributed by atoms with Gasteiger partial charge in [0.1, 0.15) is 0 Å². The molecule has 6 heteroatoms. The van der Waals surface area contributed by atoms with E-state index in [0.29, 0.717) is 12.0 Å².